The standard InChI is InChI=1S/C16H16N2O2/c1-4-15(19)18-14-9-12(6-5-11(14)2)13-7-8-16(20-3)17-10-13/h4-10H,1H2,2-3H3,(H,18,19). The molecule has 0 radical (unpaired) electrons. The number of pyridine rings is 1. The predicted molar refractivity (Wildman–Crippen MR) is 79.8 cm³/mol. The lowest BCUT2D eigenvalue weighted by Crippen LogP contribution is -2.08. The van der Waals surface area contributed by atoms with Gasteiger partial charge in [-0.25, -0.2) is 4.98 Å². The van der Waals surface area contributed by atoms with Gasteiger partial charge in [0.15, 0.2) is 0 Å². The number of nitrogens with one attached hydrogen (secondary N) is 1. The molecule has 0 aliphatic rings. The topological polar surface area (TPSA) is 51.2 Å². The second kappa shape index (κ2) is 6.02. The minimum absolute atomic E-state index is 0.224. The highest BCUT2D eigenvalue weighted by atomic mass is 16.5. The number of amides is 1. The van der Waals surface area contributed by atoms with Crippen LogP contribution in [0.1, 0.15) is 5.56 Å². The molecule has 102 valence electrons. The summed E-state index contributed by atoms with van der Waals surface area (Å²) in [5.74, 6) is 0.346. The van der Waals surface area contributed by atoms with Crippen molar-refractivity contribution in [1.82, 2.24) is 4.98 Å². The molecule has 0 aliphatic heterocycles. The molecule has 1 aromatic carbocycles. The van der Waals surface area contributed by atoms with E-state index in [2.05, 4.69) is 16.9 Å². The van der Waals surface area contributed by atoms with E-state index in [0.717, 1.165) is 22.4 Å². The van der Waals surface area contributed by atoms with Gasteiger partial charge in [-0.15, -0.1) is 0 Å². The molecular weight excluding hydrogens is 252 g/mol. The zero-order valence-electron chi connectivity index (χ0n) is 11.5. The zero-order chi connectivity index (χ0) is 14.5. The number of carbonyl (C=O) groups is 1. The van der Waals surface area contributed by atoms with Crippen molar-refractivity contribution in [3.63, 3.8) is 0 Å². The van der Waals surface area contributed by atoms with Crippen LogP contribution < -0.4 is 10.1 Å². The fourth-order valence-electron chi connectivity index (χ4n) is 1.79. The highest BCUT2D eigenvalue weighted by Gasteiger charge is 2.05. The number of anilines is 1. The maximum Gasteiger partial charge on any atom is 0.247 e. The molecule has 2 aromatic rings. The number of aryl methyl sites for hydroxylation is 1. The van der Waals surface area contributed by atoms with Crippen molar-refractivity contribution in [2.45, 2.75) is 6.92 Å². The van der Waals surface area contributed by atoms with Crippen LogP contribution in [0.4, 0.5) is 5.69 Å². The number of hydrogen-bond donors (Lipinski definition) is 1. The van der Waals surface area contributed by atoms with Crippen LogP contribution in [0, 0.1) is 6.92 Å². The maximum atomic E-state index is 11.4. The summed E-state index contributed by atoms with van der Waals surface area (Å²) in [6.45, 7) is 5.39. The van der Waals surface area contributed by atoms with Crippen molar-refractivity contribution in [2.24, 2.45) is 0 Å². The van der Waals surface area contributed by atoms with E-state index < -0.39 is 0 Å². The van der Waals surface area contributed by atoms with Crippen molar-refractivity contribution >= 4 is 11.6 Å². The number of ether oxygens (including phenoxy) is 1. The molecule has 0 fully saturated rings. The lowest BCUT2D eigenvalue weighted by atomic mass is 10.0. The number of hydrogen-bond acceptors (Lipinski definition) is 3. The fraction of sp³-hybridized carbons (Fsp3) is 0.125. The molecule has 0 unspecified atom stereocenters. The summed E-state index contributed by atoms with van der Waals surface area (Å²) in [6, 6.07) is 9.59. The number of methoxy groups -OCH3 is 1. The molecule has 0 spiro atoms. The number of benzene rings is 1. The van der Waals surface area contributed by atoms with Crippen LogP contribution >= 0.6 is 0 Å². The quantitative estimate of drug-likeness (QED) is 0.866. The fourth-order valence-corrected chi connectivity index (χ4v) is 1.79. The Labute approximate surface area is 118 Å². The first-order valence-corrected chi connectivity index (χ1v) is 6.18. The van der Waals surface area contributed by atoms with Gasteiger partial charge in [0, 0.05) is 23.5 Å². The van der Waals surface area contributed by atoms with Crippen LogP contribution in [0.3, 0.4) is 0 Å². The smallest absolute Gasteiger partial charge is 0.247 e. The van der Waals surface area contributed by atoms with Gasteiger partial charge >= 0.3 is 0 Å². The third-order valence-corrected chi connectivity index (χ3v) is 2.96. The summed E-state index contributed by atoms with van der Waals surface area (Å²) in [5.41, 5.74) is 3.69. The van der Waals surface area contributed by atoms with Crippen LogP contribution in [0.5, 0.6) is 5.88 Å². The van der Waals surface area contributed by atoms with Crippen LogP contribution in [0.15, 0.2) is 49.2 Å². The molecule has 1 amide bonds. The van der Waals surface area contributed by atoms with E-state index in [4.69, 9.17) is 4.74 Å². The molecule has 4 nitrogen and oxygen atoms in total. The summed E-state index contributed by atoms with van der Waals surface area (Å²) in [5, 5.41) is 2.79. The van der Waals surface area contributed by atoms with Crippen molar-refractivity contribution in [1.29, 1.82) is 0 Å². The third kappa shape index (κ3) is 3.03. The monoisotopic (exact) mass is 268 g/mol. The first kappa shape index (κ1) is 13.8. The summed E-state index contributed by atoms with van der Waals surface area (Å²) >= 11 is 0. The summed E-state index contributed by atoms with van der Waals surface area (Å²) < 4.78 is 5.04. The third-order valence-electron chi connectivity index (χ3n) is 2.96. The van der Waals surface area contributed by atoms with E-state index >= 15 is 0 Å². The molecule has 0 atom stereocenters. The van der Waals surface area contributed by atoms with Gasteiger partial charge in [-0.2, -0.15) is 0 Å². The molecule has 1 aromatic heterocycles. The number of rotatable bonds is 4. The Bertz CT molecular complexity index is 633. The van der Waals surface area contributed by atoms with Gasteiger partial charge in [-0.3, -0.25) is 4.79 Å². The van der Waals surface area contributed by atoms with Crippen LogP contribution in [0.2, 0.25) is 0 Å². The lowest BCUT2D eigenvalue weighted by Gasteiger charge is -2.09. The maximum absolute atomic E-state index is 11.4. The Morgan fingerprint density at radius 3 is 2.65 bits per heavy atom. The van der Waals surface area contributed by atoms with Crippen LogP contribution in [0.25, 0.3) is 11.1 Å². The molecule has 0 aliphatic carbocycles. The van der Waals surface area contributed by atoms with Gasteiger partial charge < -0.3 is 10.1 Å². The van der Waals surface area contributed by atoms with E-state index in [0.29, 0.717) is 5.88 Å². The van der Waals surface area contributed by atoms with E-state index in [1.54, 1.807) is 19.4 Å². The summed E-state index contributed by atoms with van der Waals surface area (Å²) in [7, 11) is 1.58. The Morgan fingerprint density at radius 2 is 2.05 bits per heavy atom. The molecule has 20 heavy (non-hydrogen) atoms. The number of aromatic nitrogens is 1. The number of carbonyl (C=O) groups excluding carboxylic acids is 1. The highest BCUT2D eigenvalue weighted by Crippen LogP contribution is 2.25. The summed E-state index contributed by atoms with van der Waals surface area (Å²) in [6.07, 6.45) is 2.99. The largest absolute Gasteiger partial charge is 0.481 e. The minimum Gasteiger partial charge on any atom is -0.481 e. The second-order valence-electron chi connectivity index (χ2n) is 4.31. The first-order valence-electron chi connectivity index (χ1n) is 6.18. The first-order chi connectivity index (χ1) is 9.63. The van der Waals surface area contributed by atoms with Gasteiger partial charge in [0.25, 0.3) is 0 Å². The predicted octanol–water partition coefficient (Wildman–Crippen LogP) is 3.19. The zero-order valence-corrected chi connectivity index (χ0v) is 11.5. The highest BCUT2D eigenvalue weighted by molar-refractivity contribution is 5.99. The van der Waals surface area contributed by atoms with Crippen molar-refractivity contribution in [2.75, 3.05) is 12.4 Å². The van der Waals surface area contributed by atoms with E-state index in [1.807, 2.05) is 31.2 Å². The van der Waals surface area contributed by atoms with Crippen molar-refractivity contribution in [3.05, 3.63) is 54.7 Å². The second-order valence-corrected chi connectivity index (χ2v) is 4.31. The van der Waals surface area contributed by atoms with Gasteiger partial charge in [0.05, 0.1) is 7.11 Å². The van der Waals surface area contributed by atoms with Crippen LogP contribution in [-0.4, -0.2) is 18.0 Å². The normalized spacial score (nSPS) is 9.90. The molecule has 0 saturated heterocycles. The van der Waals surface area contributed by atoms with E-state index in [1.165, 1.54) is 6.08 Å². The molecule has 2 rings (SSSR count). The Hall–Kier alpha value is -2.62. The van der Waals surface area contributed by atoms with Crippen molar-refractivity contribution < 1.29 is 9.53 Å². The number of nitrogens with zero attached hydrogens (tertiary/aromatic N) is 1. The van der Waals surface area contributed by atoms with Gasteiger partial charge in [0.1, 0.15) is 0 Å². The summed E-state index contributed by atoms with van der Waals surface area (Å²) in [4.78, 5) is 15.6. The Kier molecular flexibility index (Phi) is 4.15. The average Bonchev–Trinajstić information content (AvgIpc) is 2.49. The van der Waals surface area contributed by atoms with Crippen molar-refractivity contribution in [3.8, 4) is 17.0 Å². The SMILES string of the molecule is C=CC(=O)Nc1cc(-c2ccc(OC)nc2)ccc1C. The van der Waals surface area contributed by atoms with Crippen LogP contribution in [-0.2, 0) is 4.79 Å². The lowest BCUT2D eigenvalue weighted by molar-refractivity contribution is -0.111. The average molecular weight is 268 g/mol. The Morgan fingerprint density at radius 1 is 1.30 bits per heavy atom. The van der Waals surface area contributed by atoms with Gasteiger partial charge in [0.2, 0.25) is 11.8 Å². The molecular formula is C16H16N2O2. The molecule has 0 bridgehead atoms. The van der Waals surface area contributed by atoms with E-state index in [9.17, 15) is 4.79 Å². The van der Waals surface area contributed by atoms with Gasteiger partial charge in [-0.05, 0) is 36.3 Å². The van der Waals surface area contributed by atoms with E-state index in [-0.39, 0.29) is 5.91 Å². The van der Waals surface area contributed by atoms with Gasteiger partial charge in [-0.1, -0.05) is 18.7 Å². The molecule has 4 heteroatoms. The molecule has 1 N–H and O–H groups in total. The molecule has 0 saturated carbocycles. The minimum atomic E-state index is -0.224. The Balaban J connectivity index is 2.34. The molecule has 1 heterocycles.